The molecule has 0 unspecified atom stereocenters. The largest absolute Gasteiger partial charge is 0.367 e. The molecule has 0 radical (unpaired) electrons. The van der Waals surface area contributed by atoms with Crippen LogP contribution in [-0.4, -0.2) is 52.5 Å². The number of para-hydroxylation sites is 1. The smallest absolute Gasteiger partial charge is 0.254 e. The Kier molecular flexibility index (Phi) is 5.50. The summed E-state index contributed by atoms with van der Waals surface area (Å²) in [7, 11) is -2.23. The summed E-state index contributed by atoms with van der Waals surface area (Å²) in [6.07, 6.45) is 0. The maximum atomic E-state index is 12.7. The Morgan fingerprint density at radius 1 is 1.04 bits per heavy atom. The van der Waals surface area contributed by atoms with Gasteiger partial charge in [-0.15, -0.1) is 0 Å². The molecule has 1 N–H and O–H groups in total. The van der Waals surface area contributed by atoms with Crippen LogP contribution in [0.2, 0.25) is 5.02 Å². The Balaban J connectivity index is 1.71. The summed E-state index contributed by atoms with van der Waals surface area (Å²) >= 11 is 6.24. The molecular formula is C18H20ClN3O3S. The zero-order valence-corrected chi connectivity index (χ0v) is 15.9. The minimum absolute atomic E-state index is 0.0838. The van der Waals surface area contributed by atoms with Crippen LogP contribution in [0, 0.1) is 0 Å². The molecule has 1 aliphatic heterocycles. The van der Waals surface area contributed by atoms with E-state index in [4.69, 9.17) is 11.6 Å². The molecule has 0 aromatic heterocycles. The van der Waals surface area contributed by atoms with E-state index in [0.717, 1.165) is 5.69 Å². The summed E-state index contributed by atoms with van der Waals surface area (Å²) in [4.78, 5) is 16.7. The maximum absolute atomic E-state index is 12.7. The van der Waals surface area contributed by atoms with Gasteiger partial charge in [0.15, 0.2) is 0 Å². The van der Waals surface area contributed by atoms with Gasteiger partial charge in [-0.2, -0.15) is 0 Å². The van der Waals surface area contributed by atoms with Crippen molar-refractivity contribution in [1.29, 1.82) is 0 Å². The maximum Gasteiger partial charge on any atom is 0.254 e. The highest BCUT2D eigenvalue weighted by Crippen LogP contribution is 2.26. The second-order valence-electron chi connectivity index (χ2n) is 5.97. The van der Waals surface area contributed by atoms with Crippen molar-refractivity contribution in [3.05, 3.63) is 59.1 Å². The Morgan fingerprint density at radius 3 is 2.38 bits per heavy atom. The molecule has 2 aromatic rings. The van der Waals surface area contributed by atoms with Crippen molar-refractivity contribution < 1.29 is 13.2 Å². The third-order valence-electron chi connectivity index (χ3n) is 4.42. The van der Waals surface area contributed by atoms with E-state index in [1.807, 2.05) is 24.3 Å². The molecule has 1 saturated heterocycles. The summed E-state index contributed by atoms with van der Waals surface area (Å²) in [5.41, 5.74) is 1.33. The summed E-state index contributed by atoms with van der Waals surface area (Å²) in [6.45, 7) is 2.44. The Bertz CT molecular complexity index is 909. The number of anilines is 1. The number of carbonyl (C=O) groups excluding carboxylic acids is 1. The fourth-order valence-corrected chi connectivity index (χ4v) is 3.99. The van der Waals surface area contributed by atoms with Gasteiger partial charge in [0.25, 0.3) is 5.91 Å². The second-order valence-corrected chi connectivity index (χ2v) is 8.26. The first-order chi connectivity index (χ1) is 12.4. The van der Waals surface area contributed by atoms with Gasteiger partial charge < -0.3 is 9.80 Å². The average Bonchev–Trinajstić information content (AvgIpc) is 2.68. The number of hydrogen-bond donors (Lipinski definition) is 1. The highest BCUT2D eigenvalue weighted by Gasteiger charge is 2.24. The minimum atomic E-state index is -3.58. The molecule has 0 saturated carbocycles. The zero-order valence-electron chi connectivity index (χ0n) is 14.4. The molecular weight excluding hydrogens is 374 g/mol. The summed E-state index contributed by atoms with van der Waals surface area (Å²) < 4.78 is 26.1. The molecule has 8 heteroatoms. The highest BCUT2D eigenvalue weighted by molar-refractivity contribution is 7.89. The van der Waals surface area contributed by atoms with Crippen LogP contribution in [0.5, 0.6) is 0 Å². The third kappa shape index (κ3) is 3.85. The quantitative estimate of drug-likeness (QED) is 0.864. The van der Waals surface area contributed by atoms with Crippen molar-refractivity contribution in [2.75, 3.05) is 38.1 Å². The average molecular weight is 394 g/mol. The van der Waals surface area contributed by atoms with Crippen molar-refractivity contribution >= 4 is 33.2 Å². The lowest BCUT2D eigenvalue weighted by atomic mass is 10.1. The van der Waals surface area contributed by atoms with Gasteiger partial charge in [-0.05, 0) is 37.4 Å². The van der Waals surface area contributed by atoms with Crippen LogP contribution in [0.3, 0.4) is 0 Å². The van der Waals surface area contributed by atoms with Crippen molar-refractivity contribution in [3.63, 3.8) is 0 Å². The lowest BCUT2D eigenvalue weighted by Gasteiger charge is -2.36. The number of piperazine rings is 1. The first-order valence-electron chi connectivity index (χ1n) is 8.25. The lowest BCUT2D eigenvalue weighted by molar-refractivity contribution is 0.0746. The molecule has 0 bridgehead atoms. The number of nitrogens with one attached hydrogen (secondary N) is 1. The molecule has 0 spiro atoms. The SMILES string of the molecule is CNS(=O)(=O)c1cccc(C(=O)N2CCN(c3ccccc3Cl)CC2)c1. The van der Waals surface area contributed by atoms with Gasteiger partial charge >= 0.3 is 0 Å². The normalized spacial score (nSPS) is 15.2. The predicted octanol–water partition coefficient (Wildman–Crippen LogP) is 2.21. The first-order valence-corrected chi connectivity index (χ1v) is 10.1. The zero-order chi connectivity index (χ0) is 18.7. The number of nitrogens with zero attached hydrogens (tertiary/aromatic N) is 2. The van der Waals surface area contributed by atoms with Gasteiger partial charge in [0.2, 0.25) is 10.0 Å². The monoisotopic (exact) mass is 393 g/mol. The number of amides is 1. The molecule has 26 heavy (non-hydrogen) atoms. The molecule has 0 aliphatic carbocycles. The molecule has 3 rings (SSSR count). The summed E-state index contributed by atoms with van der Waals surface area (Å²) in [6, 6.07) is 13.7. The van der Waals surface area contributed by atoms with Gasteiger partial charge in [-0.1, -0.05) is 29.8 Å². The summed E-state index contributed by atoms with van der Waals surface area (Å²) in [5.74, 6) is -0.169. The fourth-order valence-electron chi connectivity index (χ4n) is 2.96. The van der Waals surface area contributed by atoms with E-state index in [1.54, 1.807) is 17.0 Å². The number of rotatable bonds is 4. The first kappa shape index (κ1) is 18.7. The molecule has 1 heterocycles. The Hall–Kier alpha value is -2.09. The molecule has 1 amide bonds. The van der Waals surface area contributed by atoms with Gasteiger partial charge in [-0.25, -0.2) is 13.1 Å². The van der Waals surface area contributed by atoms with E-state index >= 15 is 0 Å². The number of benzene rings is 2. The second kappa shape index (κ2) is 7.65. The number of carbonyl (C=O) groups is 1. The fraction of sp³-hybridized carbons (Fsp3) is 0.278. The Morgan fingerprint density at radius 2 is 1.73 bits per heavy atom. The van der Waals surface area contributed by atoms with Crippen LogP contribution in [-0.2, 0) is 10.0 Å². The predicted molar refractivity (Wildman–Crippen MR) is 102 cm³/mol. The molecule has 0 atom stereocenters. The lowest BCUT2D eigenvalue weighted by Crippen LogP contribution is -2.48. The number of halogens is 1. The molecule has 1 aliphatic rings. The van der Waals surface area contributed by atoms with Crippen molar-refractivity contribution in [1.82, 2.24) is 9.62 Å². The molecule has 6 nitrogen and oxygen atoms in total. The number of sulfonamides is 1. The van der Waals surface area contributed by atoms with Gasteiger partial charge in [0.05, 0.1) is 15.6 Å². The van der Waals surface area contributed by atoms with E-state index in [1.165, 1.54) is 19.2 Å². The van der Waals surface area contributed by atoms with Crippen LogP contribution in [0.1, 0.15) is 10.4 Å². The molecule has 2 aromatic carbocycles. The summed E-state index contributed by atoms with van der Waals surface area (Å²) in [5, 5.41) is 0.692. The van der Waals surface area contributed by atoms with Gasteiger partial charge in [-0.3, -0.25) is 4.79 Å². The van der Waals surface area contributed by atoms with E-state index in [2.05, 4.69) is 9.62 Å². The van der Waals surface area contributed by atoms with Crippen LogP contribution < -0.4 is 9.62 Å². The topological polar surface area (TPSA) is 69.7 Å². The van der Waals surface area contributed by atoms with E-state index in [0.29, 0.717) is 36.8 Å². The minimum Gasteiger partial charge on any atom is -0.367 e. The van der Waals surface area contributed by atoms with Gasteiger partial charge in [0, 0.05) is 31.7 Å². The third-order valence-corrected chi connectivity index (χ3v) is 6.15. The number of hydrogen-bond acceptors (Lipinski definition) is 4. The van der Waals surface area contributed by atoms with Crippen molar-refractivity contribution in [2.45, 2.75) is 4.90 Å². The molecule has 1 fully saturated rings. The van der Waals surface area contributed by atoms with E-state index in [-0.39, 0.29) is 10.8 Å². The van der Waals surface area contributed by atoms with Crippen molar-refractivity contribution in [3.8, 4) is 0 Å². The Labute approximate surface area is 158 Å². The van der Waals surface area contributed by atoms with Crippen LogP contribution in [0.15, 0.2) is 53.4 Å². The van der Waals surface area contributed by atoms with Crippen LogP contribution in [0.25, 0.3) is 0 Å². The highest BCUT2D eigenvalue weighted by atomic mass is 35.5. The van der Waals surface area contributed by atoms with E-state index in [9.17, 15) is 13.2 Å². The van der Waals surface area contributed by atoms with Gasteiger partial charge in [0.1, 0.15) is 0 Å². The van der Waals surface area contributed by atoms with E-state index < -0.39 is 10.0 Å². The van der Waals surface area contributed by atoms with Crippen molar-refractivity contribution in [2.24, 2.45) is 0 Å². The van der Waals surface area contributed by atoms with Crippen LogP contribution >= 0.6 is 11.6 Å². The standard InChI is InChI=1S/C18H20ClN3O3S/c1-20-26(24,25)15-6-4-5-14(13-15)18(23)22-11-9-21(10-12-22)17-8-3-2-7-16(17)19/h2-8,13,20H,9-12H2,1H3. The van der Waals surface area contributed by atoms with Crippen LogP contribution in [0.4, 0.5) is 5.69 Å². The molecule has 138 valence electrons.